The lowest BCUT2D eigenvalue weighted by Crippen LogP contribution is -2.10. The molecule has 4 nitrogen and oxygen atoms in total. The number of para-hydroxylation sites is 1. The molecule has 3 aromatic rings. The number of anilines is 1. The monoisotopic (exact) mass is 371 g/mol. The van der Waals surface area contributed by atoms with Crippen LogP contribution in [0.2, 0.25) is 0 Å². The molecule has 6 heteroatoms. The average molecular weight is 371 g/mol. The minimum absolute atomic E-state index is 0.0371. The number of rotatable bonds is 6. The fraction of sp³-hybridized carbons (Fsp3) is 0.100. The highest BCUT2D eigenvalue weighted by Crippen LogP contribution is 2.48. The molecule has 0 aliphatic heterocycles. The zero-order valence-corrected chi connectivity index (χ0v) is 15.4. The minimum Gasteiger partial charge on any atom is -0.400 e. The molecular formula is C20H19FNO3P. The lowest BCUT2D eigenvalue weighted by Gasteiger charge is -2.21. The molecule has 0 amide bonds. The van der Waals surface area contributed by atoms with E-state index in [2.05, 4.69) is 5.09 Å². The first-order valence-electron chi connectivity index (χ1n) is 8.09. The Morgan fingerprint density at radius 2 is 1.23 bits per heavy atom. The van der Waals surface area contributed by atoms with Gasteiger partial charge in [0.2, 0.25) is 0 Å². The van der Waals surface area contributed by atoms with Gasteiger partial charge in [-0.15, -0.1) is 0 Å². The fourth-order valence-electron chi connectivity index (χ4n) is 2.24. The third-order valence-corrected chi connectivity index (χ3v) is 5.04. The average Bonchev–Trinajstić information content (AvgIpc) is 2.61. The van der Waals surface area contributed by atoms with Crippen molar-refractivity contribution in [1.82, 2.24) is 0 Å². The molecule has 3 rings (SSSR count). The van der Waals surface area contributed by atoms with E-state index in [1.165, 1.54) is 12.1 Å². The topological polar surface area (TPSA) is 47.6 Å². The lowest BCUT2D eigenvalue weighted by atomic mass is 10.2. The van der Waals surface area contributed by atoms with Crippen LogP contribution in [0.25, 0.3) is 0 Å². The lowest BCUT2D eigenvalue weighted by molar-refractivity contribution is 0.392. The smallest absolute Gasteiger partial charge is 0.400 e. The number of hydrogen-bond donors (Lipinski definition) is 1. The van der Waals surface area contributed by atoms with Gasteiger partial charge in [-0.25, -0.2) is 8.96 Å². The van der Waals surface area contributed by atoms with E-state index in [9.17, 15) is 8.96 Å². The number of aryl methyl sites for hydroxylation is 2. The Hall–Kier alpha value is -2.78. The number of benzene rings is 3. The van der Waals surface area contributed by atoms with Gasteiger partial charge in [0.1, 0.15) is 17.3 Å². The first-order valence-corrected chi connectivity index (χ1v) is 9.63. The van der Waals surface area contributed by atoms with Gasteiger partial charge in [0.05, 0.1) is 5.69 Å². The van der Waals surface area contributed by atoms with Crippen LogP contribution in [0.15, 0.2) is 72.8 Å². The summed E-state index contributed by atoms with van der Waals surface area (Å²) in [5, 5.41) is 2.59. The van der Waals surface area contributed by atoms with Crippen molar-refractivity contribution in [3.05, 3.63) is 89.7 Å². The maximum absolute atomic E-state index is 14.0. The van der Waals surface area contributed by atoms with E-state index in [4.69, 9.17) is 9.05 Å². The van der Waals surface area contributed by atoms with E-state index in [1.54, 1.807) is 36.4 Å². The van der Waals surface area contributed by atoms with Crippen LogP contribution >= 0.6 is 7.75 Å². The third-order valence-electron chi connectivity index (χ3n) is 3.62. The van der Waals surface area contributed by atoms with Crippen molar-refractivity contribution in [2.75, 3.05) is 5.09 Å². The molecule has 0 aromatic heterocycles. The van der Waals surface area contributed by atoms with Crippen LogP contribution in [0.1, 0.15) is 11.1 Å². The summed E-state index contributed by atoms with van der Waals surface area (Å²) in [6.07, 6.45) is 0. The first kappa shape index (κ1) is 18.0. The van der Waals surface area contributed by atoms with Crippen molar-refractivity contribution in [2.45, 2.75) is 13.8 Å². The summed E-state index contributed by atoms with van der Waals surface area (Å²) in [7, 11) is -3.93. The van der Waals surface area contributed by atoms with Crippen LogP contribution in [0.3, 0.4) is 0 Å². The Morgan fingerprint density at radius 3 is 1.69 bits per heavy atom. The van der Waals surface area contributed by atoms with Crippen molar-refractivity contribution in [3.8, 4) is 11.5 Å². The molecule has 0 aliphatic carbocycles. The van der Waals surface area contributed by atoms with Crippen molar-refractivity contribution in [1.29, 1.82) is 0 Å². The van der Waals surface area contributed by atoms with E-state index >= 15 is 0 Å². The maximum atomic E-state index is 14.0. The van der Waals surface area contributed by atoms with E-state index in [0.717, 1.165) is 11.1 Å². The van der Waals surface area contributed by atoms with Gasteiger partial charge in [0, 0.05) is 0 Å². The predicted octanol–water partition coefficient (Wildman–Crippen LogP) is 6.12. The van der Waals surface area contributed by atoms with Crippen molar-refractivity contribution in [2.24, 2.45) is 0 Å². The number of halogens is 1. The van der Waals surface area contributed by atoms with Crippen LogP contribution in [0, 0.1) is 19.7 Å². The molecule has 0 radical (unpaired) electrons. The molecule has 3 aromatic carbocycles. The van der Waals surface area contributed by atoms with Gasteiger partial charge in [-0.3, -0.25) is 5.09 Å². The Morgan fingerprint density at radius 1 is 0.769 bits per heavy atom. The second kappa shape index (κ2) is 7.63. The summed E-state index contributed by atoms with van der Waals surface area (Å²) in [6.45, 7) is 3.87. The summed E-state index contributed by atoms with van der Waals surface area (Å²) in [6, 6.07) is 20.0. The molecule has 0 unspecified atom stereocenters. The molecule has 1 N–H and O–H groups in total. The van der Waals surface area contributed by atoms with Gasteiger partial charge in [0.15, 0.2) is 0 Å². The van der Waals surface area contributed by atoms with Gasteiger partial charge < -0.3 is 9.05 Å². The van der Waals surface area contributed by atoms with Gasteiger partial charge in [-0.1, -0.05) is 47.5 Å². The summed E-state index contributed by atoms with van der Waals surface area (Å²) in [5.74, 6) is 0.164. The Balaban J connectivity index is 1.91. The molecule has 0 spiro atoms. The van der Waals surface area contributed by atoms with Crippen molar-refractivity contribution in [3.63, 3.8) is 0 Å². The SMILES string of the molecule is Cc1ccc(OP(=O)(Nc2ccccc2F)Oc2ccc(C)cc2)cc1. The highest BCUT2D eigenvalue weighted by Gasteiger charge is 2.30. The maximum Gasteiger partial charge on any atom is 0.541 e. The summed E-state index contributed by atoms with van der Waals surface area (Å²) < 4.78 is 38.5. The predicted molar refractivity (Wildman–Crippen MR) is 101 cm³/mol. The van der Waals surface area contributed by atoms with E-state index < -0.39 is 13.6 Å². The highest BCUT2D eigenvalue weighted by molar-refractivity contribution is 7.56. The molecule has 0 aliphatic rings. The number of hydrogen-bond acceptors (Lipinski definition) is 3. The molecule has 134 valence electrons. The van der Waals surface area contributed by atoms with E-state index in [0.29, 0.717) is 11.5 Å². The summed E-state index contributed by atoms with van der Waals surface area (Å²) in [5.41, 5.74) is 2.11. The fourth-order valence-corrected chi connectivity index (χ4v) is 3.64. The zero-order chi connectivity index (χ0) is 18.6. The highest BCUT2D eigenvalue weighted by atomic mass is 31.2. The van der Waals surface area contributed by atoms with Crippen LogP contribution in [0.4, 0.5) is 10.1 Å². The summed E-state index contributed by atoms with van der Waals surface area (Å²) in [4.78, 5) is 0. The minimum atomic E-state index is -3.93. The second-order valence-electron chi connectivity index (χ2n) is 5.90. The molecule has 0 heterocycles. The van der Waals surface area contributed by atoms with E-state index in [-0.39, 0.29) is 5.69 Å². The third kappa shape index (κ3) is 4.64. The molecule has 0 saturated carbocycles. The van der Waals surface area contributed by atoms with Crippen molar-refractivity contribution >= 4 is 13.4 Å². The van der Waals surface area contributed by atoms with Crippen LogP contribution in [-0.4, -0.2) is 0 Å². The van der Waals surface area contributed by atoms with Crippen LogP contribution in [-0.2, 0) is 4.57 Å². The molecule has 0 saturated heterocycles. The van der Waals surface area contributed by atoms with Crippen LogP contribution < -0.4 is 14.1 Å². The van der Waals surface area contributed by atoms with Gasteiger partial charge >= 0.3 is 7.75 Å². The quantitative estimate of drug-likeness (QED) is 0.530. The standard InChI is InChI=1S/C20H19FNO3P/c1-15-7-11-17(12-8-15)24-26(23,22-20-6-4-3-5-19(20)21)25-18-13-9-16(2)10-14-18/h3-14H,1-2H3,(H,22,23). The van der Waals surface area contributed by atoms with Crippen molar-refractivity contribution < 1.29 is 18.0 Å². The Labute approximate surface area is 152 Å². The van der Waals surface area contributed by atoms with E-state index in [1.807, 2.05) is 38.1 Å². The molecule has 26 heavy (non-hydrogen) atoms. The normalized spacial score (nSPS) is 11.0. The first-order chi connectivity index (χ1) is 12.4. The Bertz CT molecular complexity index is 875. The zero-order valence-electron chi connectivity index (χ0n) is 14.5. The molecule has 0 bridgehead atoms. The molecular weight excluding hydrogens is 352 g/mol. The van der Waals surface area contributed by atoms with Crippen LogP contribution in [0.5, 0.6) is 11.5 Å². The second-order valence-corrected chi connectivity index (χ2v) is 7.48. The van der Waals surface area contributed by atoms with Gasteiger partial charge in [0.25, 0.3) is 0 Å². The molecule has 0 fully saturated rings. The number of nitrogens with one attached hydrogen (secondary N) is 1. The largest absolute Gasteiger partial charge is 0.541 e. The van der Waals surface area contributed by atoms with Gasteiger partial charge in [-0.2, -0.15) is 0 Å². The molecule has 0 atom stereocenters. The Kier molecular flexibility index (Phi) is 5.29. The van der Waals surface area contributed by atoms with Gasteiger partial charge in [-0.05, 0) is 50.2 Å². The summed E-state index contributed by atoms with van der Waals surface area (Å²) >= 11 is 0.